The first-order chi connectivity index (χ1) is 15.8. The van der Waals surface area contributed by atoms with E-state index in [1.54, 1.807) is 38.2 Å². The largest absolute Gasteiger partial charge is 0.462 e. The average molecular weight is 451 g/mol. The van der Waals surface area contributed by atoms with Crippen LogP contribution in [0.3, 0.4) is 0 Å². The van der Waals surface area contributed by atoms with Gasteiger partial charge in [0.05, 0.1) is 12.2 Å². The van der Waals surface area contributed by atoms with Crippen LogP contribution in [-0.4, -0.2) is 47.5 Å². The van der Waals surface area contributed by atoms with Crippen molar-refractivity contribution in [3.63, 3.8) is 0 Å². The lowest BCUT2D eigenvalue weighted by Gasteiger charge is -2.40. The monoisotopic (exact) mass is 450 g/mol. The molecule has 33 heavy (non-hydrogen) atoms. The van der Waals surface area contributed by atoms with Gasteiger partial charge in [0, 0.05) is 35.4 Å². The maximum Gasteiger partial charge on any atom is 0.339 e. The minimum atomic E-state index is -0.490. The van der Waals surface area contributed by atoms with Crippen LogP contribution in [0.4, 0.5) is 5.82 Å². The number of nitrogens with one attached hydrogen (secondary N) is 1. The van der Waals surface area contributed by atoms with E-state index in [-0.39, 0.29) is 30.0 Å². The summed E-state index contributed by atoms with van der Waals surface area (Å²) < 4.78 is 5.03. The van der Waals surface area contributed by atoms with Gasteiger partial charge < -0.3 is 20.7 Å². The van der Waals surface area contributed by atoms with Crippen LogP contribution in [0.1, 0.15) is 74.8 Å². The van der Waals surface area contributed by atoms with Gasteiger partial charge in [-0.3, -0.25) is 9.59 Å². The first-order valence-electron chi connectivity index (χ1n) is 11.4. The standard InChI is InChI=1S/C25H30N4O4/c1-4-33-25(32)16-5-8-22(27-13-16)29-18-6-7-19(29)12-17(11-18)28-24(31)21-10-14(2)20(23(26)30)9-15(21)3/h5,8-10,13,17-19H,4,6-7,11-12H2,1-3H3,(H2,26,30)(H,28,31)/t17-,18+,19-. The molecule has 4 rings (SSSR count). The number of hydrogen-bond acceptors (Lipinski definition) is 6. The van der Waals surface area contributed by atoms with Gasteiger partial charge in [-0.15, -0.1) is 0 Å². The molecule has 2 aliphatic rings. The zero-order valence-electron chi connectivity index (χ0n) is 19.3. The van der Waals surface area contributed by atoms with E-state index in [1.807, 2.05) is 13.0 Å². The maximum absolute atomic E-state index is 13.0. The number of aromatic nitrogens is 1. The van der Waals surface area contributed by atoms with E-state index in [2.05, 4.69) is 15.2 Å². The number of aryl methyl sites for hydroxylation is 2. The second-order valence-electron chi connectivity index (χ2n) is 8.91. The fraction of sp³-hybridized carbons (Fsp3) is 0.440. The summed E-state index contributed by atoms with van der Waals surface area (Å²) in [5, 5.41) is 3.20. The molecular formula is C25H30N4O4. The van der Waals surface area contributed by atoms with Gasteiger partial charge in [-0.05, 0) is 81.8 Å². The Morgan fingerprint density at radius 3 is 2.30 bits per heavy atom. The summed E-state index contributed by atoms with van der Waals surface area (Å²) in [6.45, 7) is 5.71. The number of nitrogens with zero attached hydrogens (tertiary/aromatic N) is 2. The molecule has 2 fully saturated rings. The molecule has 2 saturated heterocycles. The molecule has 3 N–H and O–H groups in total. The number of benzene rings is 1. The molecule has 2 aliphatic heterocycles. The van der Waals surface area contributed by atoms with Crippen LogP contribution in [-0.2, 0) is 4.74 Å². The SMILES string of the molecule is CCOC(=O)c1ccc(N2[C@@H]3CC[C@H]2C[C@@H](NC(=O)c2cc(C)c(C(N)=O)cc2C)C3)nc1. The van der Waals surface area contributed by atoms with E-state index in [4.69, 9.17) is 10.5 Å². The highest BCUT2D eigenvalue weighted by atomic mass is 16.5. The average Bonchev–Trinajstić information content (AvgIpc) is 3.05. The Morgan fingerprint density at radius 1 is 1.09 bits per heavy atom. The molecule has 1 aromatic carbocycles. The predicted octanol–water partition coefficient (Wildman–Crippen LogP) is 2.90. The van der Waals surface area contributed by atoms with E-state index in [0.29, 0.717) is 28.9 Å². The molecule has 1 aromatic heterocycles. The number of anilines is 1. The minimum absolute atomic E-state index is 0.0700. The van der Waals surface area contributed by atoms with Gasteiger partial charge >= 0.3 is 5.97 Å². The number of nitrogens with two attached hydrogens (primary N) is 1. The quantitative estimate of drug-likeness (QED) is 0.654. The summed E-state index contributed by atoms with van der Waals surface area (Å²) in [5.41, 5.74) is 8.32. The van der Waals surface area contributed by atoms with Crippen LogP contribution in [0.25, 0.3) is 0 Å². The number of piperidine rings is 1. The molecule has 174 valence electrons. The van der Waals surface area contributed by atoms with E-state index in [9.17, 15) is 14.4 Å². The van der Waals surface area contributed by atoms with Gasteiger partial charge in [0.2, 0.25) is 5.91 Å². The van der Waals surface area contributed by atoms with E-state index >= 15 is 0 Å². The lowest BCUT2D eigenvalue weighted by atomic mass is 9.95. The first-order valence-corrected chi connectivity index (χ1v) is 11.4. The highest BCUT2D eigenvalue weighted by Gasteiger charge is 2.42. The highest BCUT2D eigenvalue weighted by molar-refractivity contribution is 5.99. The normalized spacial score (nSPS) is 21.5. The van der Waals surface area contributed by atoms with Crippen LogP contribution in [0.15, 0.2) is 30.5 Å². The maximum atomic E-state index is 13.0. The Hall–Kier alpha value is -3.42. The van der Waals surface area contributed by atoms with Crippen LogP contribution < -0.4 is 16.0 Å². The Bertz CT molecular complexity index is 1070. The van der Waals surface area contributed by atoms with Crippen LogP contribution >= 0.6 is 0 Å². The molecule has 3 heterocycles. The van der Waals surface area contributed by atoms with Gasteiger partial charge in [0.1, 0.15) is 5.82 Å². The molecule has 8 heteroatoms. The van der Waals surface area contributed by atoms with E-state index in [0.717, 1.165) is 37.1 Å². The van der Waals surface area contributed by atoms with Gasteiger partial charge in [0.15, 0.2) is 0 Å². The predicted molar refractivity (Wildman–Crippen MR) is 124 cm³/mol. The summed E-state index contributed by atoms with van der Waals surface area (Å²) >= 11 is 0. The van der Waals surface area contributed by atoms with Crippen LogP contribution in [0.2, 0.25) is 0 Å². The lowest BCUT2D eigenvalue weighted by molar-refractivity contribution is 0.0525. The van der Waals surface area contributed by atoms with Crippen molar-refractivity contribution >= 4 is 23.6 Å². The van der Waals surface area contributed by atoms with Crippen molar-refractivity contribution in [3.8, 4) is 0 Å². The van der Waals surface area contributed by atoms with Crippen molar-refractivity contribution < 1.29 is 19.1 Å². The van der Waals surface area contributed by atoms with Gasteiger partial charge in [0.25, 0.3) is 5.91 Å². The first kappa shape index (κ1) is 22.8. The zero-order chi connectivity index (χ0) is 23.7. The molecule has 8 nitrogen and oxygen atoms in total. The summed E-state index contributed by atoms with van der Waals surface area (Å²) in [6.07, 6.45) is 5.33. The van der Waals surface area contributed by atoms with Gasteiger partial charge in [-0.1, -0.05) is 0 Å². The summed E-state index contributed by atoms with van der Waals surface area (Å²) in [4.78, 5) is 43.3. The number of carbonyl (C=O) groups excluding carboxylic acids is 3. The third-order valence-electron chi connectivity index (χ3n) is 6.67. The third kappa shape index (κ3) is 4.55. The minimum Gasteiger partial charge on any atom is -0.462 e. The second-order valence-corrected chi connectivity index (χ2v) is 8.91. The molecule has 2 amide bonds. The summed E-state index contributed by atoms with van der Waals surface area (Å²) in [6, 6.07) is 7.71. The fourth-order valence-corrected chi connectivity index (χ4v) is 5.13. The Morgan fingerprint density at radius 2 is 1.73 bits per heavy atom. The Balaban J connectivity index is 1.43. The number of esters is 1. The lowest BCUT2D eigenvalue weighted by Crippen LogP contribution is -2.50. The summed E-state index contributed by atoms with van der Waals surface area (Å²) in [5.74, 6) is -0.124. The number of primary amides is 1. The number of rotatable bonds is 6. The molecule has 0 aliphatic carbocycles. The Kier molecular flexibility index (Phi) is 6.35. The van der Waals surface area contributed by atoms with Crippen LogP contribution in [0.5, 0.6) is 0 Å². The number of amides is 2. The van der Waals surface area contributed by atoms with Gasteiger partial charge in [-0.2, -0.15) is 0 Å². The molecule has 2 bridgehead atoms. The molecule has 3 atom stereocenters. The molecule has 0 spiro atoms. The molecule has 0 radical (unpaired) electrons. The Labute approximate surface area is 193 Å². The fourth-order valence-electron chi connectivity index (χ4n) is 5.13. The highest BCUT2D eigenvalue weighted by Crippen LogP contribution is 2.38. The van der Waals surface area contributed by atoms with Crippen molar-refractivity contribution in [1.82, 2.24) is 10.3 Å². The number of pyridine rings is 1. The zero-order valence-corrected chi connectivity index (χ0v) is 19.3. The van der Waals surface area contributed by atoms with Crippen molar-refractivity contribution in [2.45, 2.75) is 64.6 Å². The van der Waals surface area contributed by atoms with E-state index < -0.39 is 5.91 Å². The number of carbonyl (C=O) groups is 3. The molecular weight excluding hydrogens is 420 g/mol. The van der Waals surface area contributed by atoms with Crippen molar-refractivity contribution in [3.05, 3.63) is 58.3 Å². The summed E-state index contributed by atoms with van der Waals surface area (Å²) in [7, 11) is 0. The van der Waals surface area contributed by atoms with Crippen molar-refractivity contribution in [2.24, 2.45) is 5.73 Å². The van der Waals surface area contributed by atoms with E-state index in [1.165, 1.54) is 0 Å². The number of ether oxygens (including phenoxy) is 1. The third-order valence-corrected chi connectivity index (χ3v) is 6.67. The number of hydrogen-bond donors (Lipinski definition) is 2. The molecule has 2 aromatic rings. The topological polar surface area (TPSA) is 115 Å². The molecule has 0 unspecified atom stereocenters. The number of fused-ring (bicyclic) bond motifs is 2. The smallest absolute Gasteiger partial charge is 0.339 e. The van der Waals surface area contributed by atoms with Crippen LogP contribution in [0, 0.1) is 13.8 Å². The van der Waals surface area contributed by atoms with Crippen molar-refractivity contribution in [1.29, 1.82) is 0 Å². The van der Waals surface area contributed by atoms with Crippen molar-refractivity contribution in [2.75, 3.05) is 11.5 Å². The van der Waals surface area contributed by atoms with Gasteiger partial charge in [-0.25, -0.2) is 9.78 Å². The second kappa shape index (κ2) is 9.21. The molecule has 0 saturated carbocycles.